The predicted molar refractivity (Wildman–Crippen MR) is 201 cm³/mol. The maximum atomic E-state index is 14.5. The van der Waals surface area contributed by atoms with E-state index in [0.29, 0.717) is 48.2 Å². The lowest BCUT2D eigenvalue weighted by Crippen LogP contribution is -2.65. The number of nitrogens with zero attached hydrogens (tertiary/aromatic N) is 2. The number of Topliss-reactive ketones (excluding diaryl/α,β-unsaturated/α-hetero) is 1. The Kier molecular flexibility index (Phi) is 10.3. The first-order valence-electron chi connectivity index (χ1n) is 18.7. The molecule has 1 amide bonds. The van der Waals surface area contributed by atoms with Gasteiger partial charge in [0.05, 0.1) is 18.8 Å². The third-order valence-electron chi connectivity index (χ3n) is 11.5. The van der Waals surface area contributed by atoms with Crippen molar-refractivity contribution >= 4 is 30.7 Å². The van der Waals surface area contributed by atoms with Crippen LogP contribution in [0, 0.1) is 17.3 Å². The Hall–Kier alpha value is -3.90. The van der Waals surface area contributed by atoms with E-state index in [2.05, 4.69) is 25.9 Å². The molecule has 53 heavy (non-hydrogen) atoms. The average molecular weight is 731 g/mol. The summed E-state index contributed by atoms with van der Waals surface area (Å²) in [6.45, 7) is 18.5. The molecule has 7 rings (SSSR count). The van der Waals surface area contributed by atoms with Crippen molar-refractivity contribution in [2.24, 2.45) is 22.4 Å². The number of hydrogen-bond acceptors (Lipinski definition) is 10. The molecule has 3 saturated carbocycles. The lowest BCUT2D eigenvalue weighted by molar-refractivity contribution is -0.199. The molecule has 1 saturated heterocycles. The number of carbonyl (C=O) groups excluding carboxylic acids is 3. The average Bonchev–Trinajstić information content (AvgIpc) is 3.65. The van der Waals surface area contributed by atoms with Gasteiger partial charge in [-0.1, -0.05) is 43.3 Å². The third-order valence-corrected chi connectivity index (χ3v) is 11.5. The van der Waals surface area contributed by atoms with Crippen LogP contribution in [0.3, 0.4) is 0 Å². The third kappa shape index (κ3) is 7.72. The summed E-state index contributed by atoms with van der Waals surface area (Å²) < 4.78 is 30.9. The minimum Gasteiger partial charge on any atom is -0.496 e. The Morgan fingerprint density at radius 2 is 1.66 bits per heavy atom. The van der Waals surface area contributed by atoms with Gasteiger partial charge in [0.1, 0.15) is 29.6 Å². The Morgan fingerprint density at radius 1 is 0.962 bits per heavy atom. The molecule has 2 aromatic carbocycles. The SMILES string of the molecule is CO/N=C(\C(=O)C[C@@H](Cc1cccc(C(=O)OC(C)(C)C)c1OC)B1OC2C[C@@H]3C[C@@H](C3(C)C)[C@]2(C)O1)c1ccc2c(c1)CN(C(=O)OC(C)(C)C)C2. The van der Waals surface area contributed by atoms with E-state index < -0.39 is 41.8 Å². The van der Waals surface area contributed by atoms with Gasteiger partial charge in [-0.05, 0) is 114 Å². The van der Waals surface area contributed by atoms with E-state index in [9.17, 15) is 14.4 Å². The van der Waals surface area contributed by atoms with Crippen LogP contribution in [-0.2, 0) is 47.9 Å². The molecular formula is C41H55BN2O9. The topological polar surface area (TPSA) is 122 Å². The number of rotatable bonds is 10. The van der Waals surface area contributed by atoms with E-state index in [1.165, 1.54) is 14.2 Å². The zero-order valence-corrected chi connectivity index (χ0v) is 33.2. The summed E-state index contributed by atoms with van der Waals surface area (Å²) >= 11 is 0. The van der Waals surface area contributed by atoms with Crippen molar-refractivity contribution in [1.29, 1.82) is 0 Å². The largest absolute Gasteiger partial charge is 0.496 e. The highest BCUT2D eigenvalue weighted by Crippen LogP contribution is 2.66. The normalized spacial score (nSPS) is 25.2. The van der Waals surface area contributed by atoms with Crippen molar-refractivity contribution in [1.82, 2.24) is 4.90 Å². The number of fused-ring (bicyclic) bond motifs is 1. The van der Waals surface area contributed by atoms with Crippen molar-refractivity contribution in [3.63, 3.8) is 0 Å². The molecule has 3 aliphatic carbocycles. The van der Waals surface area contributed by atoms with Crippen LogP contribution in [0.5, 0.6) is 5.75 Å². The summed E-state index contributed by atoms with van der Waals surface area (Å²) in [6.07, 6.45) is 1.87. The fourth-order valence-electron chi connectivity index (χ4n) is 8.82. The minimum atomic E-state index is -0.693. The summed E-state index contributed by atoms with van der Waals surface area (Å²) in [6, 6.07) is 11.0. The van der Waals surface area contributed by atoms with E-state index >= 15 is 0 Å². The van der Waals surface area contributed by atoms with E-state index in [1.807, 2.05) is 65.8 Å². The summed E-state index contributed by atoms with van der Waals surface area (Å²) in [5, 5.41) is 4.23. The van der Waals surface area contributed by atoms with Gasteiger partial charge in [-0.3, -0.25) is 9.69 Å². The lowest BCUT2D eigenvalue weighted by Gasteiger charge is -2.64. The standard InChI is InChI=1S/C41H55BN2O9/c1-38(2,3)50-36(46)30-14-12-13-25(35(30)48-10)18-29(42-52-33-20-28-19-32(40(28,7)8)41(33,9)53-42)21-31(45)34(43-49-11)24-15-16-26-22-44(23-27(26)17-24)37(47)51-39(4,5)6/h12-17,28-29,32-33H,18-23H2,1-11H3/b43-34-/t28-,29+,32-,33?,41-/m0/s1. The van der Waals surface area contributed by atoms with Gasteiger partial charge in [-0.2, -0.15) is 0 Å². The molecule has 5 aliphatic rings. The molecule has 0 aromatic heterocycles. The fraction of sp³-hybridized carbons (Fsp3) is 0.610. The van der Waals surface area contributed by atoms with Gasteiger partial charge in [0.2, 0.25) is 0 Å². The van der Waals surface area contributed by atoms with Crippen molar-refractivity contribution < 1.29 is 42.7 Å². The monoisotopic (exact) mass is 730 g/mol. The van der Waals surface area contributed by atoms with Crippen LogP contribution in [0.1, 0.15) is 114 Å². The number of benzene rings is 2. The molecule has 12 heteroatoms. The Labute approximate surface area is 314 Å². The van der Waals surface area contributed by atoms with Crippen molar-refractivity contribution in [3.8, 4) is 5.75 Å². The molecule has 2 aliphatic heterocycles. The van der Waals surface area contributed by atoms with Gasteiger partial charge < -0.3 is 28.4 Å². The summed E-state index contributed by atoms with van der Waals surface area (Å²) in [5.41, 5.74) is 2.02. The Bertz CT molecular complexity index is 1790. The zero-order chi connectivity index (χ0) is 38.7. The van der Waals surface area contributed by atoms with E-state index in [4.69, 9.17) is 28.4 Å². The summed E-state index contributed by atoms with van der Waals surface area (Å²) in [5.74, 6) is 0.0786. The van der Waals surface area contributed by atoms with Gasteiger partial charge in [0.25, 0.3) is 0 Å². The molecule has 0 spiro atoms. The molecule has 5 atom stereocenters. The molecule has 2 bridgehead atoms. The van der Waals surface area contributed by atoms with Gasteiger partial charge >= 0.3 is 19.2 Å². The molecule has 0 radical (unpaired) electrons. The first-order valence-corrected chi connectivity index (χ1v) is 18.7. The second-order valence-electron chi connectivity index (χ2n) is 17.9. The Balaban J connectivity index is 1.29. The maximum Gasteiger partial charge on any atom is 0.461 e. The summed E-state index contributed by atoms with van der Waals surface area (Å²) in [4.78, 5) is 47.5. The van der Waals surface area contributed by atoms with Gasteiger partial charge in [-0.25, -0.2) is 9.59 Å². The molecule has 2 heterocycles. The number of ketones is 1. The van der Waals surface area contributed by atoms with Crippen LogP contribution >= 0.6 is 0 Å². The van der Waals surface area contributed by atoms with E-state index in [0.717, 1.165) is 29.5 Å². The highest BCUT2D eigenvalue weighted by Gasteiger charge is 2.68. The fourth-order valence-corrected chi connectivity index (χ4v) is 8.82. The quantitative estimate of drug-likeness (QED) is 0.106. The van der Waals surface area contributed by atoms with Crippen molar-refractivity contribution in [3.05, 3.63) is 64.2 Å². The van der Waals surface area contributed by atoms with Gasteiger partial charge in [0, 0.05) is 30.9 Å². The van der Waals surface area contributed by atoms with Crippen molar-refractivity contribution in [2.75, 3.05) is 14.2 Å². The smallest absolute Gasteiger partial charge is 0.461 e. The summed E-state index contributed by atoms with van der Waals surface area (Å²) in [7, 11) is 2.25. The number of ether oxygens (including phenoxy) is 3. The molecular weight excluding hydrogens is 675 g/mol. The van der Waals surface area contributed by atoms with Gasteiger partial charge in [0.15, 0.2) is 11.5 Å². The van der Waals surface area contributed by atoms with E-state index in [1.54, 1.807) is 17.0 Å². The number of carbonyl (C=O) groups is 3. The second kappa shape index (κ2) is 14.1. The number of amides is 1. The number of para-hydroxylation sites is 1. The lowest BCUT2D eigenvalue weighted by atomic mass is 9.43. The van der Waals surface area contributed by atoms with Crippen LogP contribution in [0.15, 0.2) is 41.6 Å². The number of hydrogen-bond donors (Lipinski definition) is 0. The molecule has 11 nitrogen and oxygen atoms in total. The van der Waals surface area contributed by atoms with Crippen LogP contribution < -0.4 is 4.74 Å². The number of oxime groups is 1. The molecule has 286 valence electrons. The van der Waals surface area contributed by atoms with Gasteiger partial charge in [-0.15, -0.1) is 0 Å². The molecule has 4 fully saturated rings. The van der Waals surface area contributed by atoms with E-state index in [-0.39, 0.29) is 29.4 Å². The van der Waals surface area contributed by atoms with Crippen LogP contribution in [0.25, 0.3) is 0 Å². The highest BCUT2D eigenvalue weighted by molar-refractivity contribution is 6.51. The van der Waals surface area contributed by atoms with Crippen LogP contribution in [-0.4, -0.2) is 72.7 Å². The van der Waals surface area contributed by atoms with Crippen LogP contribution in [0.2, 0.25) is 5.82 Å². The molecule has 2 aromatic rings. The van der Waals surface area contributed by atoms with Crippen LogP contribution in [0.4, 0.5) is 4.79 Å². The predicted octanol–water partition coefficient (Wildman–Crippen LogP) is 7.55. The maximum absolute atomic E-state index is 14.5. The number of esters is 1. The Morgan fingerprint density at radius 3 is 2.30 bits per heavy atom. The highest BCUT2D eigenvalue weighted by atomic mass is 16.7. The minimum absolute atomic E-state index is 0.0219. The zero-order valence-electron chi connectivity index (χ0n) is 33.2. The number of methoxy groups -OCH3 is 1. The first kappa shape index (κ1) is 38.8. The first-order chi connectivity index (χ1) is 24.7. The molecule has 1 unspecified atom stereocenters. The molecule has 0 N–H and O–H groups in total. The van der Waals surface area contributed by atoms with Crippen molar-refractivity contribution in [2.45, 2.75) is 130 Å². The second-order valence-corrected chi connectivity index (χ2v) is 17.9.